The Morgan fingerprint density at radius 1 is 1.06 bits per heavy atom. The number of ketones is 1. The average Bonchev–Trinajstić information content (AvgIpc) is 3.02. The molecule has 32 heavy (non-hydrogen) atoms. The number of aliphatic hydroxyl groups excluding tert-OH is 1. The summed E-state index contributed by atoms with van der Waals surface area (Å²) in [5.41, 5.74) is 4.26. The zero-order valence-electron chi connectivity index (χ0n) is 18.7. The van der Waals surface area contributed by atoms with Gasteiger partial charge in [-0.25, -0.2) is 8.78 Å². The summed E-state index contributed by atoms with van der Waals surface area (Å²) in [6.45, 7) is 3.57. The molecule has 1 saturated heterocycles. The second-order valence-corrected chi connectivity index (χ2v) is 10.9. The quantitative estimate of drug-likeness (QED) is 0.668. The van der Waals surface area contributed by atoms with Crippen LogP contribution < -0.4 is 4.90 Å². The lowest BCUT2D eigenvalue weighted by Gasteiger charge is -2.52. The zero-order chi connectivity index (χ0) is 22.2. The van der Waals surface area contributed by atoms with Crippen LogP contribution in [-0.2, 0) is 4.79 Å². The van der Waals surface area contributed by atoms with E-state index in [4.69, 9.17) is 0 Å². The Bertz CT molecular complexity index is 1030. The van der Waals surface area contributed by atoms with Crippen molar-refractivity contribution in [3.63, 3.8) is 0 Å². The number of benzene rings is 1. The largest absolute Gasteiger partial charge is 0.393 e. The predicted molar refractivity (Wildman–Crippen MR) is 119 cm³/mol. The van der Waals surface area contributed by atoms with Crippen molar-refractivity contribution in [2.24, 2.45) is 17.3 Å². The molecule has 4 aliphatic carbocycles. The third-order valence-corrected chi connectivity index (χ3v) is 9.30. The van der Waals surface area contributed by atoms with Crippen LogP contribution in [0.3, 0.4) is 0 Å². The molecule has 6 rings (SSSR count). The standard InChI is InChI=1S/C27H31F2NO2/c1-27-14-20(16-12-22(28)26(23(29)13-16)30-9-2-10-30)25-18-6-4-17(31)11-15(18)3-5-19(25)21(27)7-8-24(27)32/h11-13,19-21,24,32H,2-10,14H2,1H3. The van der Waals surface area contributed by atoms with E-state index in [1.165, 1.54) is 11.1 Å². The highest BCUT2D eigenvalue weighted by atomic mass is 19.1. The molecule has 5 heteroatoms. The van der Waals surface area contributed by atoms with Crippen molar-refractivity contribution in [2.75, 3.05) is 18.0 Å². The number of allylic oxidation sites excluding steroid dienone is 4. The van der Waals surface area contributed by atoms with E-state index < -0.39 is 11.6 Å². The molecule has 1 N–H and O–H groups in total. The lowest BCUT2D eigenvalue weighted by molar-refractivity contribution is -0.114. The fraction of sp³-hybridized carbons (Fsp3) is 0.593. The second kappa shape index (κ2) is 7.24. The molecule has 5 atom stereocenters. The Hall–Kier alpha value is -2.01. The molecule has 1 heterocycles. The summed E-state index contributed by atoms with van der Waals surface area (Å²) in [5, 5.41) is 10.9. The molecule has 0 spiro atoms. The minimum absolute atomic E-state index is 0.0995. The SMILES string of the molecule is CC12CC(c3cc(F)c(N4CCC4)c(F)c3)C3=C4CCC(=O)C=C4CCC3C1CCC2O. The third-order valence-electron chi connectivity index (χ3n) is 9.30. The van der Waals surface area contributed by atoms with Crippen LogP contribution in [0.4, 0.5) is 14.5 Å². The number of halogens is 2. The minimum atomic E-state index is -0.480. The number of fused-ring (bicyclic) bond motifs is 4. The van der Waals surface area contributed by atoms with Crippen LogP contribution in [0.1, 0.15) is 69.8 Å². The summed E-state index contributed by atoms with van der Waals surface area (Å²) in [4.78, 5) is 13.9. The summed E-state index contributed by atoms with van der Waals surface area (Å²) in [5.74, 6) is -0.177. The number of hydrogen-bond donors (Lipinski definition) is 1. The van der Waals surface area contributed by atoms with Gasteiger partial charge in [-0.1, -0.05) is 12.5 Å². The highest BCUT2D eigenvalue weighted by molar-refractivity contribution is 5.93. The number of carbonyl (C=O) groups is 1. The molecule has 1 aromatic rings. The van der Waals surface area contributed by atoms with Gasteiger partial charge in [0, 0.05) is 25.4 Å². The molecule has 0 amide bonds. The van der Waals surface area contributed by atoms with E-state index in [1.54, 1.807) is 17.0 Å². The normalized spacial score (nSPS) is 36.3. The molecule has 2 saturated carbocycles. The maximum Gasteiger partial charge on any atom is 0.156 e. The van der Waals surface area contributed by atoms with Gasteiger partial charge in [-0.2, -0.15) is 0 Å². The molecule has 3 fully saturated rings. The predicted octanol–water partition coefficient (Wildman–Crippen LogP) is 5.44. The first kappa shape index (κ1) is 20.6. The van der Waals surface area contributed by atoms with Crippen molar-refractivity contribution in [1.82, 2.24) is 0 Å². The van der Waals surface area contributed by atoms with Crippen molar-refractivity contribution in [1.29, 1.82) is 0 Å². The van der Waals surface area contributed by atoms with Gasteiger partial charge in [0.05, 0.1) is 6.10 Å². The molecular formula is C27H31F2NO2. The Balaban J connectivity index is 1.50. The van der Waals surface area contributed by atoms with Gasteiger partial charge in [0.1, 0.15) is 17.3 Å². The first-order chi connectivity index (χ1) is 15.4. The first-order valence-electron chi connectivity index (χ1n) is 12.3. The third kappa shape index (κ3) is 2.89. The van der Waals surface area contributed by atoms with Crippen molar-refractivity contribution in [3.05, 3.63) is 52.1 Å². The van der Waals surface area contributed by atoms with E-state index in [1.807, 2.05) is 6.08 Å². The lowest BCUT2D eigenvalue weighted by Crippen LogP contribution is -2.45. The minimum Gasteiger partial charge on any atom is -0.393 e. The fourth-order valence-electron chi connectivity index (χ4n) is 7.56. The summed E-state index contributed by atoms with van der Waals surface area (Å²) in [7, 11) is 0. The molecule has 3 nitrogen and oxygen atoms in total. The van der Waals surface area contributed by atoms with Gasteiger partial charge in [-0.15, -0.1) is 0 Å². The summed E-state index contributed by atoms with van der Waals surface area (Å²) < 4.78 is 30.4. The van der Waals surface area contributed by atoms with E-state index in [2.05, 4.69) is 6.92 Å². The van der Waals surface area contributed by atoms with Crippen molar-refractivity contribution in [3.8, 4) is 0 Å². The van der Waals surface area contributed by atoms with Gasteiger partial charge in [-0.3, -0.25) is 4.79 Å². The van der Waals surface area contributed by atoms with Gasteiger partial charge in [0.2, 0.25) is 0 Å². The van der Waals surface area contributed by atoms with Gasteiger partial charge in [0.25, 0.3) is 0 Å². The van der Waals surface area contributed by atoms with Crippen molar-refractivity contribution >= 4 is 11.5 Å². The summed E-state index contributed by atoms with van der Waals surface area (Å²) >= 11 is 0. The summed E-state index contributed by atoms with van der Waals surface area (Å²) in [6.07, 6.45) is 8.00. The van der Waals surface area contributed by atoms with Crippen LogP contribution in [-0.4, -0.2) is 30.1 Å². The highest BCUT2D eigenvalue weighted by Gasteiger charge is 2.56. The first-order valence-corrected chi connectivity index (χ1v) is 12.3. The van der Waals surface area contributed by atoms with Crippen LogP contribution in [0.25, 0.3) is 0 Å². The Kier molecular flexibility index (Phi) is 4.66. The topological polar surface area (TPSA) is 40.5 Å². The zero-order valence-corrected chi connectivity index (χ0v) is 18.7. The number of carbonyl (C=O) groups excluding carboxylic acids is 1. The maximum atomic E-state index is 15.2. The Morgan fingerprint density at radius 3 is 2.50 bits per heavy atom. The molecule has 0 bridgehead atoms. The van der Waals surface area contributed by atoms with Crippen LogP contribution >= 0.6 is 0 Å². The molecule has 5 unspecified atom stereocenters. The average molecular weight is 440 g/mol. The lowest BCUT2D eigenvalue weighted by atomic mass is 9.53. The van der Waals surface area contributed by atoms with E-state index in [0.29, 0.717) is 43.3 Å². The van der Waals surface area contributed by atoms with Gasteiger partial charge in [0.15, 0.2) is 5.78 Å². The maximum absolute atomic E-state index is 15.2. The van der Waals surface area contributed by atoms with Crippen LogP contribution in [0.5, 0.6) is 0 Å². The molecular weight excluding hydrogens is 408 g/mol. The van der Waals surface area contributed by atoms with E-state index in [-0.39, 0.29) is 28.9 Å². The van der Waals surface area contributed by atoms with Crippen molar-refractivity contribution < 1.29 is 18.7 Å². The molecule has 0 aromatic heterocycles. The monoisotopic (exact) mass is 439 g/mol. The molecule has 170 valence electrons. The molecule has 1 aromatic carbocycles. The number of aliphatic hydroxyl groups is 1. The second-order valence-electron chi connectivity index (χ2n) is 10.9. The van der Waals surface area contributed by atoms with Crippen LogP contribution in [0, 0.1) is 28.9 Å². The van der Waals surface area contributed by atoms with Crippen molar-refractivity contribution in [2.45, 2.75) is 70.3 Å². The number of hydrogen-bond acceptors (Lipinski definition) is 3. The number of anilines is 1. The molecule has 0 radical (unpaired) electrons. The smallest absolute Gasteiger partial charge is 0.156 e. The Labute approximate surface area is 188 Å². The fourth-order valence-corrected chi connectivity index (χ4v) is 7.56. The van der Waals surface area contributed by atoms with Gasteiger partial charge >= 0.3 is 0 Å². The number of nitrogens with zero attached hydrogens (tertiary/aromatic N) is 1. The van der Waals surface area contributed by atoms with E-state index >= 15 is 8.78 Å². The molecule has 1 aliphatic heterocycles. The van der Waals surface area contributed by atoms with Gasteiger partial charge < -0.3 is 10.0 Å². The number of rotatable bonds is 2. The van der Waals surface area contributed by atoms with Crippen LogP contribution in [0.15, 0.2) is 34.9 Å². The van der Waals surface area contributed by atoms with E-state index in [0.717, 1.165) is 44.1 Å². The Morgan fingerprint density at radius 2 is 1.81 bits per heavy atom. The molecule has 5 aliphatic rings. The highest BCUT2D eigenvalue weighted by Crippen LogP contribution is 2.64. The summed E-state index contributed by atoms with van der Waals surface area (Å²) in [6, 6.07) is 3.09. The van der Waals surface area contributed by atoms with Gasteiger partial charge in [-0.05, 0) is 97.1 Å². The van der Waals surface area contributed by atoms with E-state index in [9.17, 15) is 9.90 Å². The van der Waals surface area contributed by atoms with Crippen LogP contribution in [0.2, 0.25) is 0 Å².